The summed E-state index contributed by atoms with van der Waals surface area (Å²) in [5.74, 6) is -0.699. The molecule has 0 aliphatic heterocycles. The number of amides is 2. The molecular formula is C11H20N2O4. The molecule has 2 amide bonds. The van der Waals surface area contributed by atoms with E-state index in [1.165, 1.54) is 6.92 Å². The minimum Gasteiger partial charge on any atom is -0.466 e. The summed E-state index contributed by atoms with van der Waals surface area (Å²) in [6.07, 6.45) is 0.358. The lowest BCUT2D eigenvalue weighted by Gasteiger charge is -2.12. The van der Waals surface area contributed by atoms with Crippen LogP contribution in [0.25, 0.3) is 0 Å². The lowest BCUT2D eigenvalue weighted by atomic mass is 10.2. The predicted molar refractivity (Wildman–Crippen MR) is 62.2 cm³/mol. The van der Waals surface area contributed by atoms with E-state index in [1.54, 1.807) is 13.8 Å². The third-order valence-corrected chi connectivity index (χ3v) is 1.90. The first-order valence-electron chi connectivity index (χ1n) is 5.65. The van der Waals surface area contributed by atoms with Crippen LogP contribution in [-0.2, 0) is 19.1 Å². The van der Waals surface area contributed by atoms with Crippen LogP contribution in [0.2, 0.25) is 0 Å². The number of esters is 1. The average Bonchev–Trinajstić information content (AvgIpc) is 2.16. The van der Waals surface area contributed by atoms with Gasteiger partial charge in [-0.2, -0.15) is 0 Å². The number of ether oxygens (including phenoxy) is 1. The molecule has 98 valence electrons. The predicted octanol–water partition coefficient (Wildman–Crippen LogP) is -0.0295. The van der Waals surface area contributed by atoms with Gasteiger partial charge >= 0.3 is 5.97 Å². The fourth-order valence-corrected chi connectivity index (χ4v) is 1.29. The van der Waals surface area contributed by atoms with E-state index in [2.05, 4.69) is 10.6 Å². The Bertz CT molecular complexity index is 279. The minimum absolute atomic E-state index is 0.161. The van der Waals surface area contributed by atoms with Crippen LogP contribution >= 0.6 is 0 Å². The summed E-state index contributed by atoms with van der Waals surface area (Å²) in [7, 11) is 0. The van der Waals surface area contributed by atoms with E-state index in [1.807, 2.05) is 0 Å². The Balaban J connectivity index is 3.65. The molecule has 0 aromatic heterocycles. The van der Waals surface area contributed by atoms with E-state index >= 15 is 0 Å². The summed E-state index contributed by atoms with van der Waals surface area (Å²) in [5.41, 5.74) is 0. The molecule has 1 atom stereocenters. The van der Waals surface area contributed by atoms with E-state index in [4.69, 9.17) is 4.74 Å². The molecule has 0 unspecified atom stereocenters. The summed E-state index contributed by atoms with van der Waals surface area (Å²) < 4.78 is 4.71. The lowest BCUT2D eigenvalue weighted by Crippen LogP contribution is -2.36. The van der Waals surface area contributed by atoms with Gasteiger partial charge in [-0.1, -0.05) is 0 Å². The highest BCUT2D eigenvalue weighted by Gasteiger charge is 2.10. The Labute approximate surface area is 101 Å². The molecule has 0 aromatic carbocycles. The zero-order valence-electron chi connectivity index (χ0n) is 10.5. The van der Waals surface area contributed by atoms with Gasteiger partial charge in [0.15, 0.2) is 0 Å². The third-order valence-electron chi connectivity index (χ3n) is 1.90. The Morgan fingerprint density at radius 3 is 2.47 bits per heavy atom. The van der Waals surface area contributed by atoms with Crippen molar-refractivity contribution in [3.05, 3.63) is 0 Å². The highest BCUT2D eigenvalue weighted by atomic mass is 16.5. The molecule has 0 saturated heterocycles. The molecular weight excluding hydrogens is 224 g/mol. The van der Waals surface area contributed by atoms with Crippen LogP contribution in [0.4, 0.5) is 0 Å². The van der Waals surface area contributed by atoms with Gasteiger partial charge in [-0.15, -0.1) is 0 Å². The van der Waals surface area contributed by atoms with Gasteiger partial charge in [0.25, 0.3) is 0 Å². The summed E-state index contributed by atoms with van der Waals surface area (Å²) >= 11 is 0. The second-order valence-corrected chi connectivity index (χ2v) is 3.71. The minimum atomic E-state index is -0.331. The molecule has 0 aliphatic carbocycles. The number of rotatable bonds is 7. The monoisotopic (exact) mass is 244 g/mol. The molecule has 6 nitrogen and oxygen atoms in total. The summed E-state index contributed by atoms with van der Waals surface area (Å²) in [5, 5.41) is 5.19. The molecule has 0 saturated carbocycles. The third kappa shape index (κ3) is 9.35. The van der Waals surface area contributed by atoms with E-state index in [9.17, 15) is 14.4 Å². The zero-order valence-corrected chi connectivity index (χ0v) is 10.5. The molecule has 6 heteroatoms. The molecule has 0 radical (unpaired) electrons. The van der Waals surface area contributed by atoms with Gasteiger partial charge in [-0.05, 0) is 13.8 Å². The van der Waals surface area contributed by atoms with Crippen molar-refractivity contribution in [1.82, 2.24) is 10.6 Å². The number of carbonyl (C=O) groups is 3. The van der Waals surface area contributed by atoms with Crippen molar-refractivity contribution in [2.24, 2.45) is 0 Å². The van der Waals surface area contributed by atoms with E-state index < -0.39 is 0 Å². The van der Waals surface area contributed by atoms with Crippen LogP contribution in [0.5, 0.6) is 0 Å². The normalized spacial score (nSPS) is 11.5. The molecule has 0 spiro atoms. The molecule has 0 bridgehead atoms. The maximum absolute atomic E-state index is 11.4. The van der Waals surface area contributed by atoms with Crippen LogP contribution in [0.15, 0.2) is 0 Å². The van der Waals surface area contributed by atoms with Crippen molar-refractivity contribution < 1.29 is 19.1 Å². The summed E-state index contributed by atoms with van der Waals surface area (Å²) in [4.78, 5) is 33.0. The highest BCUT2D eigenvalue weighted by Crippen LogP contribution is 1.91. The highest BCUT2D eigenvalue weighted by molar-refractivity contribution is 5.79. The van der Waals surface area contributed by atoms with Gasteiger partial charge in [-0.25, -0.2) is 0 Å². The lowest BCUT2D eigenvalue weighted by molar-refractivity contribution is -0.143. The van der Waals surface area contributed by atoms with Crippen LogP contribution in [-0.4, -0.2) is 37.0 Å². The van der Waals surface area contributed by atoms with Crippen molar-refractivity contribution in [2.45, 2.75) is 39.7 Å². The molecule has 0 aromatic rings. The fourth-order valence-electron chi connectivity index (χ4n) is 1.29. The smallest absolute Gasteiger partial charge is 0.307 e. The van der Waals surface area contributed by atoms with Gasteiger partial charge in [0.05, 0.1) is 13.0 Å². The van der Waals surface area contributed by atoms with E-state index in [0.717, 1.165) is 0 Å². The number of hydrogen-bond donors (Lipinski definition) is 2. The van der Waals surface area contributed by atoms with Gasteiger partial charge in [0.2, 0.25) is 11.8 Å². The van der Waals surface area contributed by atoms with Gasteiger partial charge < -0.3 is 15.4 Å². The van der Waals surface area contributed by atoms with Crippen LogP contribution in [0, 0.1) is 0 Å². The molecule has 0 rings (SSSR count). The van der Waals surface area contributed by atoms with Crippen LogP contribution < -0.4 is 10.6 Å². The molecule has 0 aliphatic rings. The van der Waals surface area contributed by atoms with Crippen LogP contribution in [0.1, 0.15) is 33.6 Å². The van der Waals surface area contributed by atoms with Crippen molar-refractivity contribution in [1.29, 1.82) is 0 Å². The Kier molecular flexibility index (Phi) is 7.75. The molecule has 0 heterocycles. The first-order chi connectivity index (χ1) is 7.95. The van der Waals surface area contributed by atoms with E-state index in [-0.39, 0.29) is 43.2 Å². The summed E-state index contributed by atoms with van der Waals surface area (Å²) in [6.45, 7) is 5.46. The number of nitrogens with one attached hydrogen (secondary N) is 2. The van der Waals surface area contributed by atoms with Crippen molar-refractivity contribution in [2.75, 3.05) is 13.2 Å². The Morgan fingerprint density at radius 1 is 1.29 bits per heavy atom. The second-order valence-electron chi connectivity index (χ2n) is 3.71. The van der Waals surface area contributed by atoms with Gasteiger partial charge in [0.1, 0.15) is 0 Å². The van der Waals surface area contributed by atoms with Crippen molar-refractivity contribution in [3.63, 3.8) is 0 Å². The second kappa shape index (κ2) is 8.55. The summed E-state index contributed by atoms with van der Waals surface area (Å²) in [6, 6.07) is -0.213. The average molecular weight is 244 g/mol. The van der Waals surface area contributed by atoms with Crippen LogP contribution in [0.3, 0.4) is 0 Å². The van der Waals surface area contributed by atoms with E-state index in [0.29, 0.717) is 6.61 Å². The SMILES string of the molecule is CCOC(=O)CCNC(=O)C[C@@H](C)NC(C)=O. The first-order valence-corrected chi connectivity index (χ1v) is 5.65. The quantitative estimate of drug-likeness (QED) is 0.616. The Hall–Kier alpha value is -1.59. The molecule has 0 fully saturated rings. The van der Waals surface area contributed by atoms with Crippen molar-refractivity contribution in [3.8, 4) is 0 Å². The number of hydrogen-bond acceptors (Lipinski definition) is 4. The van der Waals surface area contributed by atoms with Crippen molar-refractivity contribution >= 4 is 17.8 Å². The van der Waals surface area contributed by atoms with Gasteiger partial charge in [0, 0.05) is 25.9 Å². The number of carbonyl (C=O) groups excluding carboxylic acids is 3. The largest absolute Gasteiger partial charge is 0.466 e. The zero-order chi connectivity index (χ0) is 13.3. The maximum atomic E-state index is 11.4. The topological polar surface area (TPSA) is 84.5 Å². The van der Waals surface area contributed by atoms with Gasteiger partial charge in [-0.3, -0.25) is 14.4 Å². The first kappa shape index (κ1) is 15.4. The fraction of sp³-hybridized carbons (Fsp3) is 0.727. The molecule has 2 N–H and O–H groups in total. The maximum Gasteiger partial charge on any atom is 0.307 e. The standard InChI is InChI=1S/C11H20N2O4/c1-4-17-11(16)5-6-12-10(15)7-8(2)13-9(3)14/h8H,4-7H2,1-3H3,(H,12,15)(H,13,14)/t8-/m1/s1. The Morgan fingerprint density at radius 2 is 1.94 bits per heavy atom. The molecule has 17 heavy (non-hydrogen) atoms.